The minimum absolute atomic E-state index is 0.342. The van der Waals surface area contributed by atoms with Gasteiger partial charge in [0, 0.05) is 5.56 Å². The molecule has 6 heteroatoms. The highest BCUT2D eigenvalue weighted by Crippen LogP contribution is 2.14. The highest BCUT2D eigenvalue weighted by Gasteiger charge is 2.15. The molecular weight excluding hydrogens is 262 g/mol. The van der Waals surface area contributed by atoms with Gasteiger partial charge in [0.1, 0.15) is 5.75 Å². The highest BCUT2D eigenvalue weighted by atomic mass is 16.5. The fraction of sp³-hybridized carbons (Fsp3) is 0.429. The second-order valence-electron chi connectivity index (χ2n) is 4.80. The van der Waals surface area contributed by atoms with Crippen LogP contribution >= 0.6 is 0 Å². The molecule has 0 aliphatic heterocycles. The van der Waals surface area contributed by atoms with E-state index in [0.29, 0.717) is 23.8 Å². The number of carboxylic acid groups (broad SMARTS) is 1. The number of benzene rings is 1. The molecule has 3 N–H and O–H groups in total. The van der Waals surface area contributed by atoms with Gasteiger partial charge in [0.05, 0.1) is 13.2 Å². The molecule has 1 amide bonds. The summed E-state index contributed by atoms with van der Waals surface area (Å²) in [5, 5.41) is 19.9. The predicted octanol–water partition coefficient (Wildman–Crippen LogP) is 0.897. The van der Waals surface area contributed by atoms with Gasteiger partial charge < -0.3 is 20.3 Å². The Labute approximate surface area is 117 Å². The summed E-state index contributed by atoms with van der Waals surface area (Å²) in [5.41, 5.74) is 0.351. The molecule has 0 spiro atoms. The molecule has 0 aromatic heterocycles. The van der Waals surface area contributed by atoms with Crippen LogP contribution in [0.2, 0.25) is 0 Å². The van der Waals surface area contributed by atoms with Crippen LogP contribution in [0.1, 0.15) is 24.2 Å². The molecule has 110 valence electrons. The van der Waals surface area contributed by atoms with Crippen LogP contribution in [0.3, 0.4) is 0 Å². The van der Waals surface area contributed by atoms with E-state index in [-0.39, 0.29) is 6.54 Å². The van der Waals surface area contributed by atoms with E-state index in [1.165, 1.54) is 0 Å². The summed E-state index contributed by atoms with van der Waals surface area (Å²) in [6, 6.07) is 6.58. The van der Waals surface area contributed by atoms with Crippen molar-refractivity contribution in [3.63, 3.8) is 0 Å². The molecule has 0 aliphatic carbocycles. The molecule has 1 aromatic carbocycles. The maximum Gasteiger partial charge on any atom is 0.334 e. The molecule has 0 unspecified atom stereocenters. The van der Waals surface area contributed by atoms with Crippen LogP contribution in [0.5, 0.6) is 5.75 Å². The number of aliphatic hydroxyl groups excluding tert-OH is 1. The Balaban J connectivity index is 2.59. The second-order valence-corrected chi connectivity index (χ2v) is 4.80. The number of nitrogens with one attached hydrogen (secondary N) is 1. The minimum atomic E-state index is -1.61. The van der Waals surface area contributed by atoms with Crippen molar-refractivity contribution >= 4 is 11.9 Å². The fourth-order valence-corrected chi connectivity index (χ4v) is 1.37. The average molecular weight is 281 g/mol. The van der Waals surface area contributed by atoms with Crippen molar-refractivity contribution in [1.82, 2.24) is 5.32 Å². The lowest BCUT2D eigenvalue weighted by Gasteiger charge is -2.11. The number of rotatable bonds is 7. The maximum absolute atomic E-state index is 11.8. The Morgan fingerprint density at radius 3 is 2.65 bits per heavy atom. The van der Waals surface area contributed by atoms with Gasteiger partial charge in [0.15, 0.2) is 6.10 Å². The lowest BCUT2D eigenvalue weighted by Crippen LogP contribution is -2.36. The van der Waals surface area contributed by atoms with Crippen LogP contribution in [0, 0.1) is 5.92 Å². The number of aliphatic carboxylic acids is 1. The van der Waals surface area contributed by atoms with Crippen molar-refractivity contribution in [2.75, 3.05) is 13.2 Å². The van der Waals surface area contributed by atoms with E-state index in [0.717, 1.165) is 0 Å². The summed E-state index contributed by atoms with van der Waals surface area (Å²) in [6.07, 6.45) is -1.61. The summed E-state index contributed by atoms with van der Waals surface area (Å²) in [6.45, 7) is 4.24. The van der Waals surface area contributed by atoms with E-state index in [1.54, 1.807) is 24.3 Å². The molecule has 0 heterocycles. The molecule has 0 saturated carbocycles. The van der Waals surface area contributed by atoms with Crippen LogP contribution in [0.4, 0.5) is 0 Å². The molecule has 1 rings (SSSR count). The highest BCUT2D eigenvalue weighted by molar-refractivity contribution is 5.94. The second kappa shape index (κ2) is 7.49. The first kappa shape index (κ1) is 16.0. The van der Waals surface area contributed by atoms with E-state index < -0.39 is 18.0 Å². The van der Waals surface area contributed by atoms with Crippen molar-refractivity contribution in [3.05, 3.63) is 29.8 Å². The SMILES string of the molecule is CC(C)COc1cccc(C(=O)NC[C@H](O)C(=O)O)c1. The zero-order valence-electron chi connectivity index (χ0n) is 11.5. The third kappa shape index (κ3) is 5.27. The zero-order valence-corrected chi connectivity index (χ0v) is 11.5. The topological polar surface area (TPSA) is 95.9 Å². The van der Waals surface area contributed by atoms with E-state index in [2.05, 4.69) is 5.32 Å². The van der Waals surface area contributed by atoms with Crippen molar-refractivity contribution in [2.45, 2.75) is 20.0 Å². The van der Waals surface area contributed by atoms with Crippen molar-refractivity contribution < 1.29 is 24.5 Å². The molecular formula is C14H19NO5. The Morgan fingerprint density at radius 2 is 2.05 bits per heavy atom. The number of aliphatic hydroxyl groups is 1. The number of carboxylic acids is 1. The predicted molar refractivity (Wildman–Crippen MR) is 72.8 cm³/mol. The summed E-state index contributed by atoms with van der Waals surface area (Å²) < 4.78 is 5.50. The molecule has 1 aromatic rings. The Bertz CT molecular complexity index is 472. The zero-order chi connectivity index (χ0) is 15.1. The first-order chi connectivity index (χ1) is 9.40. The summed E-state index contributed by atoms with van der Waals surface area (Å²) in [5.74, 6) is -0.886. The van der Waals surface area contributed by atoms with Gasteiger partial charge in [-0.15, -0.1) is 0 Å². The maximum atomic E-state index is 11.8. The number of ether oxygens (including phenoxy) is 1. The van der Waals surface area contributed by atoms with Gasteiger partial charge in [-0.3, -0.25) is 4.79 Å². The molecule has 0 radical (unpaired) electrons. The molecule has 6 nitrogen and oxygen atoms in total. The standard InChI is InChI=1S/C14H19NO5/c1-9(2)8-20-11-5-3-4-10(6-11)13(17)15-7-12(16)14(18)19/h3-6,9,12,16H,7-8H2,1-2H3,(H,15,17)(H,18,19)/t12-/m0/s1. The molecule has 0 fully saturated rings. The van der Waals surface area contributed by atoms with Crippen LogP contribution in [-0.2, 0) is 4.79 Å². The summed E-state index contributed by atoms with van der Waals surface area (Å²) >= 11 is 0. The van der Waals surface area contributed by atoms with Gasteiger partial charge in [0.25, 0.3) is 5.91 Å². The Kier molecular flexibility index (Phi) is 5.99. The molecule has 0 saturated heterocycles. The summed E-state index contributed by atoms with van der Waals surface area (Å²) in [7, 11) is 0. The Hall–Kier alpha value is -2.08. The van der Waals surface area contributed by atoms with E-state index >= 15 is 0 Å². The van der Waals surface area contributed by atoms with Crippen LogP contribution in [0.15, 0.2) is 24.3 Å². The van der Waals surface area contributed by atoms with E-state index in [9.17, 15) is 9.59 Å². The number of carbonyl (C=O) groups excluding carboxylic acids is 1. The van der Waals surface area contributed by atoms with Crippen LogP contribution in [0.25, 0.3) is 0 Å². The summed E-state index contributed by atoms with van der Waals surface area (Å²) in [4.78, 5) is 22.2. The van der Waals surface area contributed by atoms with E-state index in [4.69, 9.17) is 14.9 Å². The lowest BCUT2D eigenvalue weighted by molar-refractivity contribution is -0.146. The van der Waals surface area contributed by atoms with Gasteiger partial charge in [-0.25, -0.2) is 4.79 Å². The van der Waals surface area contributed by atoms with Gasteiger partial charge in [-0.2, -0.15) is 0 Å². The van der Waals surface area contributed by atoms with Gasteiger partial charge in [0.2, 0.25) is 0 Å². The monoisotopic (exact) mass is 281 g/mol. The third-order valence-electron chi connectivity index (χ3n) is 2.42. The number of hydrogen-bond donors (Lipinski definition) is 3. The van der Waals surface area contributed by atoms with Crippen molar-refractivity contribution in [3.8, 4) is 5.75 Å². The number of hydrogen-bond acceptors (Lipinski definition) is 4. The largest absolute Gasteiger partial charge is 0.493 e. The fourth-order valence-electron chi connectivity index (χ4n) is 1.37. The smallest absolute Gasteiger partial charge is 0.334 e. The van der Waals surface area contributed by atoms with Crippen LogP contribution in [-0.4, -0.2) is 41.3 Å². The van der Waals surface area contributed by atoms with Crippen LogP contribution < -0.4 is 10.1 Å². The van der Waals surface area contributed by atoms with Gasteiger partial charge >= 0.3 is 5.97 Å². The van der Waals surface area contributed by atoms with Gasteiger partial charge in [-0.05, 0) is 24.1 Å². The normalized spacial score (nSPS) is 12.0. The Morgan fingerprint density at radius 1 is 1.35 bits per heavy atom. The first-order valence-electron chi connectivity index (χ1n) is 6.32. The molecule has 0 aliphatic rings. The van der Waals surface area contributed by atoms with Gasteiger partial charge in [-0.1, -0.05) is 19.9 Å². The molecule has 1 atom stereocenters. The third-order valence-corrected chi connectivity index (χ3v) is 2.42. The van der Waals surface area contributed by atoms with Crippen molar-refractivity contribution in [1.29, 1.82) is 0 Å². The quantitative estimate of drug-likeness (QED) is 0.690. The molecule has 20 heavy (non-hydrogen) atoms. The molecule has 0 bridgehead atoms. The minimum Gasteiger partial charge on any atom is -0.493 e. The first-order valence-corrected chi connectivity index (χ1v) is 6.32. The number of amides is 1. The van der Waals surface area contributed by atoms with E-state index in [1.807, 2.05) is 13.8 Å². The number of carbonyl (C=O) groups is 2. The lowest BCUT2D eigenvalue weighted by atomic mass is 10.2. The average Bonchev–Trinajstić information content (AvgIpc) is 2.42. The van der Waals surface area contributed by atoms with Crippen molar-refractivity contribution in [2.24, 2.45) is 5.92 Å².